The first-order valence-electron chi connectivity index (χ1n) is 7.76. The maximum absolute atomic E-state index is 11.8. The van der Waals surface area contributed by atoms with Crippen molar-refractivity contribution < 1.29 is 14.6 Å². The van der Waals surface area contributed by atoms with Gasteiger partial charge in [0.1, 0.15) is 11.4 Å². The molecule has 0 saturated heterocycles. The first kappa shape index (κ1) is 19.8. The lowest BCUT2D eigenvalue weighted by Crippen LogP contribution is -2.45. The molecule has 0 aliphatic carbocycles. The number of hydrogen-bond acceptors (Lipinski definition) is 4. The molecule has 1 amide bonds. The SMILES string of the molecule is CC(C)C(CNC(=O)OC(C)(C)C)NCc1cc(Br)ccc1O. The molecule has 23 heavy (non-hydrogen) atoms. The first-order valence-corrected chi connectivity index (χ1v) is 8.55. The second kappa shape index (κ2) is 8.55. The fourth-order valence-electron chi connectivity index (χ4n) is 1.99. The molecule has 1 unspecified atom stereocenters. The van der Waals surface area contributed by atoms with Gasteiger partial charge in [-0.1, -0.05) is 29.8 Å². The van der Waals surface area contributed by atoms with Crippen LogP contribution in [0.15, 0.2) is 22.7 Å². The van der Waals surface area contributed by atoms with Gasteiger partial charge in [-0.25, -0.2) is 4.79 Å². The van der Waals surface area contributed by atoms with Crippen molar-refractivity contribution in [2.24, 2.45) is 5.92 Å². The Morgan fingerprint density at radius 1 is 1.35 bits per heavy atom. The lowest BCUT2D eigenvalue weighted by atomic mass is 10.0. The summed E-state index contributed by atoms with van der Waals surface area (Å²) in [4.78, 5) is 11.8. The van der Waals surface area contributed by atoms with Crippen LogP contribution >= 0.6 is 15.9 Å². The Labute approximate surface area is 146 Å². The molecular formula is C17H27BrN2O3. The number of rotatable bonds is 6. The number of phenolic OH excluding ortho intramolecular Hbond substituents is 1. The molecule has 1 aromatic carbocycles. The number of nitrogens with one attached hydrogen (secondary N) is 2. The van der Waals surface area contributed by atoms with Crippen LogP contribution in [-0.2, 0) is 11.3 Å². The summed E-state index contributed by atoms with van der Waals surface area (Å²) in [6.07, 6.45) is -0.421. The number of carbonyl (C=O) groups is 1. The quantitative estimate of drug-likeness (QED) is 0.695. The molecule has 0 radical (unpaired) electrons. The predicted molar refractivity (Wildman–Crippen MR) is 95.5 cm³/mol. The van der Waals surface area contributed by atoms with Gasteiger partial charge in [-0.15, -0.1) is 0 Å². The highest BCUT2D eigenvalue weighted by molar-refractivity contribution is 9.10. The van der Waals surface area contributed by atoms with Crippen LogP contribution in [-0.4, -0.2) is 29.4 Å². The third-order valence-electron chi connectivity index (χ3n) is 3.27. The largest absolute Gasteiger partial charge is 0.508 e. The van der Waals surface area contributed by atoms with Crippen molar-refractivity contribution in [3.05, 3.63) is 28.2 Å². The van der Waals surface area contributed by atoms with Gasteiger partial charge in [0.2, 0.25) is 0 Å². The lowest BCUT2D eigenvalue weighted by molar-refractivity contribution is 0.0519. The number of phenols is 1. The molecule has 0 spiro atoms. The molecule has 0 aliphatic heterocycles. The van der Waals surface area contributed by atoms with E-state index in [1.165, 1.54) is 0 Å². The van der Waals surface area contributed by atoms with Crippen molar-refractivity contribution in [1.82, 2.24) is 10.6 Å². The summed E-state index contributed by atoms with van der Waals surface area (Å²) in [6.45, 7) is 10.6. The highest BCUT2D eigenvalue weighted by atomic mass is 79.9. The highest BCUT2D eigenvalue weighted by Crippen LogP contribution is 2.22. The fraction of sp³-hybridized carbons (Fsp3) is 0.588. The molecule has 130 valence electrons. The average Bonchev–Trinajstić information content (AvgIpc) is 2.40. The van der Waals surface area contributed by atoms with Crippen LogP contribution in [0.2, 0.25) is 0 Å². The minimum absolute atomic E-state index is 0.0703. The number of amides is 1. The van der Waals surface area contributed by atoms with E-state index in [9.17, 15) is 9.90 Å². The Kier molecular flexibility index (Phi) is 7.35. The van der Waals surface area contributed by atoms with E-state index in [-0.39, 0.29) is 11.8 Å². The second-order valence-corrected chi connectivity index (χ2v) is 7.80. The normalized spacial score (nSPS) is 13.0. The van der Waals surface area contributed by atoms with Crippen molar-refractivity contribution in [2.75, 3.05) is 6.54 Å². The van der Waals surface area contributed by atoms with Gasteiger partial charge < -0.3 is 20.5 Å². The number of carbonyl (C=O) groups excluding carboxylic acids is 1. The van der Waals surface area contributed by atoms with Gasteiger partial charge in [0.05, 0.1) is 0 Å². The van der Waals surface area contributed by atoms with Crippen LogP contribution in [0.25, 0.3) is 0 Å². The minimum atomic E-state index is -0.507. The maximum Gasteiger partial charge on any atom is 0.407 e. The molecular weight excluding hydrogens is 360 g/mol. The second-order valence-electron chi connectivity index (χ2n) is 6.89. The van der Waals surface area contributed by atoms with Gasteiger partial charge in [0.25, 0.3) is 0 Å². The number of alkyl carbamates (subject to hydrolysis) is 1. The molecule has 0 bridgehead atoms. The van der Waals surface area contributed by atoms with Crippen LogP contribution in [0.5, 0.6) is 5.75 Å². The summed E-state index contributed by atoms with van der Waals surface area (Å²) in [5, 5.41) is 16.0. The smallest absolute Gasteiger partial charge is 0.407 e. The van der Waals surface area contributed by atoms with E-state index in [1.54, 1.807) is 12.1 Å². The predicted octanol–water partition coefficient (Wildman–Crippen LogP) is 3.79. The van der Waals surface area contributed by atoms with E-state index in [2.05, 4.69) is 40.4 Å². The van der Waals surface area contributed by atoms with Crippen molar-refractivity contribution in [3.63, 3.8) is 0 Å². The Morgan fingerprint density at radius 3 is 2.57 bits per heavy atom. The Morgan fingerprint density at radius 2 is 2.00 bits per heavy atom. The first-order chi connectivity index (χ1) is 10.6. The molecule has 0 aliphatic rings. The number of benzene rings is 1. The molecule has 0 fully saturated rings. The standard InChI is InChI=1S/C17H27BrN2O3/c1-11(2)14(10-20-16(22)23-17(3,4)5)19-9-12-8-13(18)6-7-15(12)21/h6-8,11,14,19,21H,9-10H2,1-5H3,(H,20,22). The van der Waals surface area contributed by atoms with Crippen molar-refractivity contribution in [3.8, 4) is 5.75 Å². The van der Waals surface area contributed by atoms with Crippen LogP contribution in [0.1, 0.15) is 40.2 Å². The van der Waals surface area contributed by atoms with Gasteiger partial charge >= 0.3 is 6.09 Å². The van der Waals surface area contributed by atoms with Gasteiger partial charge in [-0.3, -0.25) is 0 Å². The lowest BCUT2D eigenvalue weighted by Gasteiger charge is -2.25. The number of aromatic hydroxyl groups is 1. The Balaban J connectivity index is 2.56. The molecule has 3 N–H and O–H groups in total. The van der Waals surface area contributed by atoms with E-state index < -0.39 is 11.7 Å². The number of ether oxygens (including phenoxy) is 1. The summed E-state index contributed by atoms with van der Waals surface area (Å²) >= 11 is 3.40. The molecule has 0 heterocycles. The average molecular weight is 387 g/mol. The molecule has 1 aromatic rings. The molecule has 5 nitrogen and oxygen atoms in total. The van der Waals surface area contributed by atoms with Gasteiger partial charge in [0.15, 0.2) is 0 Å². The van der Waals surface area contributed by atoms with E-state index in [0.717, 1.165) is 10.0 Å². The monoisotopic (exact) mass is 386 g/mol. The van der Waals surface area contributed by atoms with Crippen LogP contribution in [0.4, 0.5) is 4.79 Å². The Bertz CT molecular complexity index is 527. The van der Waals surface area contributed by atoms with Gasteiger partial charge in [-0.05, 0) is 44.9 Å². The Hall–Kier alpha value is -1.27. The molecule has 1 atom stereocenters. The van der Waals surface area contributed by atoms with Crippen molar-refractivity contribution in [1.29, 1.82) is 0 Å². The van der Waals surface area contributed by atoms with Crippen molar-refractivity contribution in [2.45, 2.75) is 52.8 Å². The zero-order valence-corrected chi connectivity index (χ0v) is 16.0. The van der Waals surface area contributed by atoms with E-state index in [1.807, 2.05) is 26.8 Å². The van der Waals surface area contributed by atoms with Crippen molar-refractivity contribution >= 4 is 22.0 Å². The zero-order chi connectivity index (χ0) is 17.6. The maximum atomic E-state index is 11.8. The summed E-state index contributed by atoms with van der Waals surface area (Å²) in [7, 11) is 0. The van der Waals surface area contributed by atoms with Gasteiger partial charge in [0, 0.05) is 29.2 Å². The van der Waals surface area contributed by atoms with Gasteiger partial charge in [-0.2, -0.15) is 0 Å². The summed E-state index contributed by atoms with van der Waals surface area (Å²) in [6, 6.07) is 5.40. The topological polar surface area (TPSA) is 70.6 Å². The highest BCUT2D eigenvalue weighted by Gasteiger charge is 2.19. The summed E-state index contributed by atoms with van der Waals surface area (Å²) in [5.41, 5.74) is 0.301. The fourth-order valence-corrected chi connectivity index (χ4v) is 2.40. The van der Waals surface area contributed by atoms with Crippen LogP contribution < -0.4 is 10.6 Å². The third-order valence-corrected chi connectivity index (χ3v) is 3.76. The summed E-state index contributed by atoms with van der Waals surface area (Å²) < 4.78 is 6.16. The number of hydrogen-bond donors (Lipinski definition) is 3. The molecule has 6 heteroatoms. The van der Waals surface area contributed by atoms with Crippen LogP contribution in [0, 0.1) is 5.92 Å². The molecule has 1 rings (SSSR count). The molecule has 0 aromatic heterocycles. The minimum Gasteiger partial charge on any atom is -0.508 e. The third kappa shape index (κ3) is 7.70. The van der Waals surface area contributed by atoms with Crippen LogP contribution in [0.3, 0.4) is 0 Å². The molecule has 0 saturated carbocycles. The van der Waals surface area contributed by atoms with E-state index >= 15 is 0 Å². The van der Waals surface area contributed by atoms with E-state index in [4.69, 9.17) is 4.74 Å². The zero-order valence-electron chi connectivity index (χ0n) is 14.4. The summed E-state index contributed by atoms with van der Waals surface area (Å²) in [5.74, 6) is 0.572. The number of halogens is 1. The van der Waals surface area contributed by atoms with E-state index in [0.29, 0.717) is 19.0 Å².